The summed E-state index contributed by atoms with van der Waals surface area (Å²) >= 11 is 0. The summed E-state index contributed by atoms with van der Waals surface area (Å²) in [5.74, 6) is 0.701. The standard InChI is InChI=1S/C23H23N3O3/c1-14-9-17-10-16-5-8-21(27)23(28,22(16)26-20(17)11-19(14)25-2)13-29-18-6-3-15(12-24)4-7-18/h3-4,6-7,9,11,16,21-22,26-28H,5,8,10,13H2,1H3. The lowest BCUT2D eigenvalue weighted by molar-refractivity contribution is -0.141. The van der Waals surface area contributed by atoms with E-state index in [1.807, 2.05) is 19.1 Å². The lowest BCUT2D eigenvalue weighted by Gasteiger charge is -2.50. The summed E-state index contributed by atoms with van der Waals surface area (Å²) < 4.78 is 5.81. The van der Waals surface area contributed by atoms with E-state index in [0.717, 1.165) is 29.7 Å². The second-order valence-electron chi connectivity index (χ2n) is 8.00. The first kappa shape index (κ1) is 19.3. The summed E-state index contributed by atoms with van der Waals surface area (Å²) in [6, 6.07) is 12.2. The Morgan fingerprint density at radius 2 is 2.07 bits per heavy atom. The van der Waals surface area contributed by atoms with Crippen molar-refractivity contribution in [2.75, 3.05) is 11.9 Å². The van der Waals surface area contributed by atoms with Gasteiger partial charge < -0.3 is 20.3 Å². The maximum atomic E-state index is 11.5. The molecule has 1 fully saturated rings. The van der Waals surface area contributed by atoms with Crippen LogP contribution in [-0.4, -0.2) is 34.6 Å². The number of aryl methyl sites for hydroxylation is 1. The quantitative estimate of drug-likeness (QED) is 0.701. The number of anilines is 1. The Hall–Kier alpha value is -3.06. The molecular weight excluding hydrogens is 366 g/mol. The topological polar surface area (TPSA) is 89.9 Å². The first-order chi connectivity index (χ1) is 13.9. The van der Waals surface area contributed by atoms with Crippen molar-refractivity contribution in [3.63, 3.8) is 0 Å². The minimum Gasteiger partial charge on any atom is -0.490 e. The molecule has 2 aromatic carbocycles. The lowest BCUT2D eigenvalue weighted by Crippen LogP contribution is -2.65. The molecule has 0 bridgehead atoms. The van der Waals surface area contributed by atoms with Crippen molar-refractivity contribution in [2.24, 2.45) is 5.92 Å². The number of rotatable bonds is 3. The minimum atomic E-state index is -1.46. The molecule has 0 saturated heterocycles. The van der Waals surface area contributed by atoms with Gasteiger partial charge in [-0.25, -0.2) is 4.85 Å². The van der Waals surface area contributed by atoms with Crippen molar-refractivity contribution in [3.8, 4) is 11.8 Å². The number of aliphatic hydroxyl groups is 2. The third kappa shape index (κ3) is 3.42. The minimum absolute atomic E-state index is 0.0644. The fourth-order valence-corrected chi connectivity index (χ4v) is 4.51. The second-order valence-corrected chi connectivity index (χ2v) is 8.00. The maximum absolute atomic E-state index is 11.5. The first-order valence-corrected chi connectivity index (χ1v) is 9.75. The summed E-state index contributed by atoms with van der Waals surface area (Å²) in [7, 11) is 0. The molecule has 0 spiro atoms. The lowest BCUT2D eigenvalue weighted by atomic mass is 9.68. The first-order valence-electron chi connectivity index (χ1n) is 9.75. The SMILES string of the molecule is [C-]#[N+]c1cc2c(cc1C)CC1CCC(O)C(O)(COc3ccc(C#N)cc3)C1N2. The Labute approximate surface area is 170 Å². The molecule has 1 aliphatic heterocycles. The Morgan fingerprint density at radius 1 is 1.31 bits per heavy atom. The number of ether oxygens (including phenoxy) is 1. The van der Waals surface area contributed by atoms with Crippen molar-refractivity contribution >= 4 is 11.4 Å². The predicted molar refractivity (Wildman–Crippen MR) is 109 cm³/mol. The van der Waals surface area contributed by atoms with Gasteiger partial charge >= 0.3 is 0 Å². The van der Waals surface area contributed by atoms with Gasteiger partial charge in [-0.2, -0.15) is 5.26 Å². The maximum Gasteiger partial charge on any atom is 0.192 e. The summed E-state index contributed by atoms with van der Waals surface area (Å²) in [5, 5.41) is 34.4. The summed E-state index contributed by atoms with van der Waals surface area (Å²) in [6.45, 7) is 9.22. The molecule has 4 rings (SSSR count). The number of hydrogen-bond acceptors (Lipinski definition) is 5. The smallest absolute Gasteiger partial charge is 0.192 e. The number of hydrogen-bond donors (Lipinski definition) is 3. The number of nitrogens with one attached hydrogen (secondary N) is 1. The van der Waals surface area contributed by atoms with Gasteiger partial charge in [0.25, 0.3) is 0 Å². The molecule has 1 heterocycles. The van der Waals surface area contributed by atoms with Crippen LogP contribution in [0, 0.1) is 30.7 Å². The van der Waals surface area contributed by atoms with Crippen LogP contribution in [0.4, 0.5) is 11.4 Å². The van der Waals surface area contributed by atoms with E-state index in [4.69, 9.17) is 16.6 Å². The third-order valence-corrected chi connectivity index (χ3v) is 6.19. The van der Waals surface area contributed by atoms with Crippen LogP contribution in [0.5, 0.6) is 5.75 Å². The molecule has 0 aromatic heterocycles. The van der Waals surface area contributed by atoms with Gasteiger partial charge in [0.15, 0.2) is 5.69 Å². The van der Waals surface area contributed by atoms with Crippen LogP contribution in [0.3, 0.4) is 0 Å². The van der Waals surface area contributed by atoms with E-state index in [1.165, 1.54) is 0 Å². The average molecular weight is 389 g/mol. The van der Waals surface area contributed by atoms with Crippen LogP contribution < -0.4 is 10.1 Å². The van der Waals surface area contributed by atoms with Crippen molar-refractivity contribution in [1.29, 1.82) is 5.26 Å². The molecule has 2 aromatic rings. The van der Waals surface area contributed by atoms with E-state index in [-0.39, 0.29) is 18.6 Å². The molecule has 1 saturated carbocycles. The number of fused-ring (bicyclic) bond motifs is 2. The van der Waals surface area contributed by atoms with Gasteiger partial charge in [0.1, 0.15) is 18.0 Å². The summed E-state index contributed by atoms with van der Waals surface area (Å²) in [6.07, 6.45) is 1.19. The molecule has 2 aliphatic rings. The molecule has 0 radical (unpaired) electrons. The third-order valence-electron chi connectivity index (χ3n) is 6.19. The fourth-order valence-electron chi connectivity index (χ4n) is 4.51. The molecule has 4 unspecified atom stereocenters. The highest BCUT2D eigenvalue weighted by Gasteiger charge is 2.52. The number of aliphatic hydroxyl groups excluding tert-OH is 1. The largest absolute Gasteiger partial charge is 0.490 e. The van der Waals surface area contributed by atoms with Crippen molar-refractivity contribution in [3.05, 3.63) is 64.5 Å². The van der Waals surface area contributed by atoms with E-state index in [1.54, 1.807) is 24.3 Å². The van der Waals surface area contributed by atoms with Gasteiger partial charge in [-0.05, 0) is 73.6 Å². The van der Waals surface area contributed by atoms with Gasteiger partial charge in [-0.1, -0.05) is 6.07 Å². The zero-order valence-corrected chi connectivity index (χ0v) is 16.2. The fraction of sp³-hybridized carbons (Fsp3) is 0.391. The van der Waals surface area contributed by atoms with Crippen LogP contribution >= 0.6 is 0 Å². The van der Waals surface area contributed by atoms with Gasteiger partial charge in [-0.15, -0.1) is 0 Å². The molecule has 4 atom stereocenters. The molecule has 6 heteroatoms. The molecular formula is C23H23N3O3. The predicted octanol–water partition coefficient (Wildman–Crippen LogP) is 3.34. The number of benzene rings is 2. The number of nitriles is 1. The molecule has 6 nitrogen and oxygen atoms in total. The van der Waals surface area contributed by atoms with Crippen molar-refractivity contribution in [1.82, 2.24) is 0 Å². The van der Waals surface area contributed by atoms with Gasteiger partial charge in [0, 0.05) is 5.69 Å². The summed E-state index contributed by atoms with van der Waals surface area (Å²) in [4.78, 5) is 3.57. The molecule has 3 N–H and O–H groups in total. The van der Waals surface area contributed by atoms with Crippen LogP contribution in [-0.2, 0) is 6.42 Å². The van der Waals surface area contributed by atoms with Crippen molar-refractivity contribution in [2.45, 2.75) is 43.9 Å². The van der Waals surface area contributed by atoms with E-state index in [2.05, 4.69) is 16.2 Å². The molecule has 148 valence electrons. The normalized spacial score (nSPS) is 27.6. The van der Waals surface area contributed by atoms with Crippen LogP contribution in [0.25, 0.3) is 4.85 Å². The Bertz CT molecular complexity index is 1010. The van der Waals surface area contributed by atoms with Gasteiger partial charge in [0.05, 0.1) is 30.4 Å². The Kier molecular flexibility index (Phi) is 4.92. The van der Waals surface area contributed by atoms with Gasteiger partial charge in [0.2, 0.25) is 0 Å². The second kappa shape index (κ2) is 7.40. The highest BCUT2D eigenvalue weighted by Crippen LogP contribution is 2.43. The Morgan fingerprint density at radius 3 is 2.76 bits per heavy atom. The van der Waals surface area contributed by atoms with Crippen LogP contribution in [0.15, 0.2) is 36.4 Å². The summed E-state index contributed by atoms with van der Waals surface area (Å²) in [5.41, 5.74) is 2.59. The van der Waals surface area contributed by atoms with E-state index in [0.29, 0.717) is 23.4 Å². The van der Waals surface area contributed by atoms with E-state index in [9.17, 15) is 10.2 Å². The zero-order chi connectivity index (χ0) is 20.6. The van der Waals surface area contributed by atoms with Crippen LogP contribution in [0.1, 0.15) is 29.5 Å². The van der Waals surface area contributed by atoms with Crippen molar-refractivity contribution < 1.29 is 14.9 Å². The zero-order valence-electron chi connectivity index (χ0n) is 16.2. The van der Waals surface area contributed by atoms with E-state index < -0.39 is 11.7 Å². The van der Waals surface area contributed by atoms with E-state index >= 15 is 0 Å². The highest BCUT2D eigenvalue weighted by molar-refractivity contribution is 5.67. The molecule has 29 heavy (non-hydrogen) atoms. The number of nitrogens with zero attached hydrogens (tertiary/aromatic N) is 2. The Balaban J connectivity index is 1.59. The van der Waals surface area contributed by atoms with Crippen LogP contribution in [0.2, 0.25) is 0 Å². The highest BCUT2D eigenvalue weighted by atomic mass is 16.5. The molecule has 0 amide bonds. The monoisotopic (exact) mass is 389 g/mol. The average Bonchev–Trinajstić information content (AvgIpc) is 2.74. The molecule has 1 aliphatic carbocycles. The van der Waals surface area contributed by atoms with Gasteiger partial charge in [-0.3, -0.25) is 0 Å².